The van der Waals surface area contributed by atoms with Crippen molar-refractivity contribution in [1.82, 2.24) is 0 Å². The van der Waals surface area contributed by atoms with Crippen LogP contribution in [-0.4, -0.2) is 18.4 Å². The molecule has 0 unspecified atom stereocenters. The van der Waals surface area contributed by atoms with Gasteiger partial charge in [-0.15, -0.1) is 0 Å². The van der Waals surface area contributed by atoms with Crippen molar-refractivity contribution in [1.29, 1.82) is 0 Å². The molecule has 0 aromatic carbocycles. The Bertz CT molecular complexity index is 236. The number of carbonyl (C=O) groups excluding carboxylic acids is 2. The van der Waals surface area contributed by atoms with E-state index in [1.54, 1.807) is 0 Å². The third kappa shape index (κ3) is 13.4. The van der Waals surface area contributed by atoms with E-state index >= 15 is 0 Å². The van der Waals surface area contributed by atoms with Crippen molar-refractivity contribution in [2.45, 2.75) is 84.5 Å². The largest absolute Gasteiger partial charge is 0.466 e. The number of Topliss-reactive ketones (excluding diaryl/α,β-unsaturated/α-hetero) is 1. The van der Waals surface area contributed by atoms with Crippen LogP contribution in [0, 0.1) is 0 Å². The summed E-state index contributed by atoms with van der Waals surface area (Å²) in [5.74, 6) is 0.327. The SMILES string of the molecule is CCCCCC(=O)CCCCCCCC(=O)OCC. The molecule has 0 heterocycles. The maximum atomic E-state index is 11.5. The normalized spacial score (nSPS) is 10.4. The van der Waals surface area contributed by atoms with Crippen LogP contribution in [-0.2, 0) is 14.3 Å². The summed E-state index contributed by atoms with van der Waals surface area (Å²) in [5.41, 5.74) is 0. The Kier molecular flexibility index (Phi) is 13.0. The predicted molar refractivity (Wildman–Crippen MR) is 78.1 cm³/mol. The van der Waals surface area contributed by atoms with Gasteiger partial charge in [0.25, 0.3) is 0 Å². The molecule has 19 heavy (non-hydrogen) atoms. The molecule has 0 bridgehead atoms. The summed E-state index contributed by atoms with van der Waals surface area (Å²) >= 11 is 0. The number of unbranched alkanes of at least 4 members (excludes halogenated alkanes) is 6. The molecule has 0 saturated carbocycles. The zero-order valence-corrected chi connectivity index (χ0v) is 12.7. The molecule has 0 fully saturated rings. The number of hydrogen-bond donors (Lipinski definition) is 0. The van der Waals surface area contributed by atoms with Gasteiger partial charge in [0.1, 0.15) is 5.78 Å². The molecule has 0 aromatic heterocycles. The highest BCUT2D eigenvalue weighted by Crippen LogP contribution is 2.10. The van der Waals surface area contributed by atoms with Crippen LogP contribution in [0.15, 0.2) is 0 Å². The van der Waals surface area contributed by atoms with Crippen LogP contribution in [0.4, 0.5) is 0 Å². The number of rotatable bonds is 13. The molecular weight excluding hydrogens is 240 g/mol. The van der Waals surface area contributed by atoms with E-state index in [-0.39, 0.29) is 5.97 Å². The number of esters is 1. The van der Waals surface area contributed by atoms with Gasteiger partial charge < -0.3 is 4.74 Å². The van der Waals surface area contributed by atoms with Crippen LogP contribution in [0.5, 0.6) is 0 Å². The first-order valence-electron chi connectivity index (χ1n) is 7.88. The van der Waals surface area contributed by atoms with Crippen molar-refractivity contribution >= 4 is 11.8 Å². The van der Waals surface area contributed by atoms with E-state index in [1.807, 2.05) is 6.92 Å². The third-order valence-electron chi connectivity index (χ3n) is 3.20. The lowest BCUT2D eigenvalue weighted by molar-refractivity contribution is -0.143. The van der Waals surface area contributed by atoms with E-state index in [0.29, 0.717) is 18.8 Å². The smallest absolute Gasteiger partial charge is 0.305 e. The molecular formula is C16H30O3. The molecule has 0 saturated heterocycles. The molecule has 112 valence electrons. The minimum absolute atomic E-state index is 0.0893. The van der Waals surface area contributed by atoms with Gasteiger partial charge in [-0.1, -0.05) is 39.0 Å². The first-order valence-corrected chi connectivity index (χ1v) is 7.88. The highest BCUT2D eigenvalue weighted by Gasteiger charge is 2.02. The Balaban J connectivity index is 3.22. The summed E-state index contributed by atoms with van der Waals surface area (Å²) in [7, 11) is 0. The minimum atomic E-state index is -0.0893. The number of hydrogen-bond acceptors (Lipinski definition) is 3. The van der Waals surface area contributed by atoms with Gasteiger partial charge in [-0.05, 0) is 26.2 Å². The maximum absolute atomic E-state index is 11.5. The number of ether oxygens (including phenoxy) is 1. The summed E-state index contributed by atoms with van der Waals surface area (Å²) < 4.78 is 4.86. The molecule has 3 nitrogen and oxygen atoms in total. The van der Waals surface area contributed by atoms with Crippen LogP contribution in [0.3, 0.4) is 0 Å². The summed E-state index contributed by atoms with van der Waals surface area (Å²) in [6, 6.07) is 0. The summed E-state index contributed by atoms with van der Waals surface area (Å²) in [4.78, 5) is 22.6. The fraction of sp³-hybridized carbons (Fsp3) is 0.875. The van der Waals surface area contributed by atoms with Crippen molar-refractivity contribution < 1.29 is 14.3 Å². The third-order valence-corrected chi connectivity index (χ3v) is 3.20. The van der Waals surface area contributed by atoms with Crippen molar-refractivity contribution in [3.05, 3.63) is 0 Å². The van der Waals surface area contributed by atoms with Crippen LogP contribution in [0.1, 0.15) is 84.5 Å². The average Bonchev–Trinajstić information content (AvgIpc) is 2.38. The van der Waals surface area contributed by atoms with Gasteiger partial charge >= 0.3 is 5.97 Å². The number of carbonyl (C=O) groups is 2. The zero-order chi connectivity index (χ0) is 14.3. The molecule has 0 atom stereocenters. The van der Waals surface area contributed by atoms with E-state index in [2.05, 4.69) is 6.92 Å². The summed E-state index contributed by atoms with van der Waals surface area (Å²) in [5, 5.41) is 0. The second-order valence-electron chi connectivity index (χ2n) is 5.07. The topological polar surface area (TPSA) is 43.4 Å². The molecule has 0 aliphatic carbocycles. The van der Waals surface area contributed by atoms with Gasteiger partial charge in [0.2, 0.25) is 0 Å². The quantitative estimate of drug-likeness (QED) is 0.367. The molecule has 0 spiro atoms. The number of ketones is 1. The Morgan fingerprint density at radius 3 is 1.84 bits per heavy atom. The van der Waals surface area contributed by atoms with E-state index in [4.69, 9.17) is 4.74 Å². The first-order chi connectivity index (χ1) is 9.20. The van der Waals surface area contributed by atoms with E-state index in [1.165, 1.54) is 12.8 Å². The Labute approximate surface area is 118 Å². The summed E-state index contributed by atoms with van der Waals surface area (Å²) in [6.45, 7) is 4.45. The van der Waals surface area contributed by atoms with Crippen LogP contribution in [0.25, 0.3) is 0 Å². The Morgan fingerprint density at radius 1 is 0.737 bits per heavy atom. The summed E-state index contributed by atoms with van der Waals surface area (Å²) in [6.07, 6.45) is 10.6. The fourth-order valence-electron chi connectivity index (χ4n) is 2.05. The van der Waals surface area contributed by atoms with Crippen LogP contribution >= 0.6 is 0 Å². The van der Waals surface area contributed by atoms with E-state index in [0.717, 1.165) is 51.4 Å². The van der Waals surface area contributed by atoms with E-state index < -0.39 is 0 Å². The lowest BCUT2D eigenvalue weighted by atomic mass is 10.0. The molecule has 0 N–H and O–H groups in total. The minimum Gasteiger partial charge on any atom is -0.466 e. The van der Waals surface area contributed by atoms with Crippen LogP contribution in [0.2, 0.25) is 0 Å². The van der Waals surface area contributed by atoms with Gasteiger partial charge in [-0.2, -0.15) is 0 Å². The highest BCUT2D eigenvalue weighted by molar-refractivity contribution is 5.78. The van der Waals surface area contributed by atoms with Gasteiger partial charge in [0.15, 0.2) is 0 Å². The second-order valence-corrected chi connectivity index (χ2v) is 5.07. The first kappa shape index (κ1) is 18.1. The molecule has 0 aromatic rings. The Hall–Kier alpha value is -0.860. The van der Waals surface area contributed by atoms with Gasteiger partial charge in [-0.3, -0.25) is 9.59 Å². The predicted octanol–water partition coefficient (Wildman–Crippen LogP) is 4.43. The molecule has 3 heteroatoms. The molecule has 0 aliphatic rings. The second kappa shape index (κ2) is 13.6. The average molecular weight is 270 g/mol. The van der Waals surface area contributed by atoms with Crippen molar-refractivity contribution in [2.24, 2.45) is 0 Å². The molecule has 0 radical (unpaired) electrons. The van der Waals surface area contributed by atoms with Gasteiger partial charge in [0, 0.05) is 19.3 Å². The van der Waals surface area contributed by atoms with Crippen molar-refractivity contribution in [3.63, 3.8) is 0 Å². The standard InChI is InChI=1S/C16H30O3/c1-3-5-9-12-15(17)13-10-7-6-8-11-14-16(18)19-4-2/h3-14H2,1-2H3. The molecule has 0 amide bonds. The van der Waals surface area contributed by atoms with Gasteiger partial charge in [-0.25, -0.2) is 0 Å². The Morgan fingerprint density at radius 2 is 1.26 bits per heavy atom. The fourth-order valence-corrected chi connectivity index (χ4v) is 2.05. The highest BCUT2D eigenvalue weighted by atomic mass is 16.5. The lowest BCUT2D eigenvalue weighted by Crippen LogP contribution is -2.03. The monoisotopic (exact) mass is 270 g/mol. The molecule has 0 rings (SSSR count). The zero-order valence-electron chi connectivity index (χ0n) is 12.7. The lowest BCUT2D eigenvalue weighted by Gasteiger charge is -2.03. The molecule has 0 aliphatic heterocycles. The van der Waals surface area contributed by atoms with Crippen LogP contribution < -0.4 is 0 Å². The van der Waals surface area contributed by atoms with Gasteiger partial charge in [0.05, 0.1) is 6.61 Å². The van der Waals surface area contributed by atoms with Crippen molar-refractivity contribution in [2.75, 3.05) is 6.61 Å². The maximum Gasteiger partial charge on any atom is 0.305 e. The van der Waals surface area contributed by atoms with Crippen molar-refractivity contribution in [3.8, 4) is 0 Å². The van der Waals surface area contributed by atoms with E-state index in [9.17, 15) is 9.59 Å².